The number of allylic oxidation sites excluding steroid dienone is 1. The third-order valence-electron chi connectivity index (χ3n) is 2.07. The van der Waals surface area contributed by atoms with E-state index in [0.717, 1.165) is 24.2 Å². The number of rotatable bonds is 4. The minimum Gasteiger partial charge on any atom is -0.261 e. The standard InChI is InChI=1S/C15H26N2/c1-14(2,3)10-12(16-7)9-13(17-8)11-15(4,5)6/h7-8,10-11H2,1-6H3. The highest BCUT2D eigenvalue weighted by atomic mass is 14.7. The molecule has 0 unspecified atom stereocenters. The van der Waals surface area contributed by atoms with Crippen LogP contribution in [-0.4, -0.2) is 13.4 Å². The van der Waals surface area contributed by atoms with E-state index < -0.39 is 0 Å². The van der Waals surface area contributed by atoms with Crippen LogP contribution in [0.2, 0.25) is 0 Å². The summed E-state index contributed by atoms with van der Waals surface area (Å²) in [5, 5.41) is 0. The van der Waals surface area contributed by atoms with Crippen LogP contribution >= 0.6 is 0 Å². The average molecular weight is 234 g/mol. The molecule has 0 aromatic heterocycles. The van der Waals surface area contributed by atoms with Gasteiger partial charge in [0.15, 0.2) is 0 Å². The molecule has 0 fully saturated rings. The van der Waals surface area contributed by atoms with Crippen LogP contribution in [0.5, 0.6) is 0 Å². The predicted octanol–water partition coefficient (Wildman–Crippen LogP) is 4.63. The molecule has 0 amide bonds. The molecule has 0 N–H and O–H groups in total. The van der Waals surface area contributed by atoms with Crippen molar-refractivity contribution in [2.45, 2.75) is 54.4 Å². The zero-order valence-corrected chi connectivity index (χ0v) is 12.2. The number of hydrogen-bond acceptors (Lipinski definition) is 2. The van der Waals surface area contributed by atoms with Gasteiger partial charge in [-0.2, -0.15) is 0 Å². The molecule has 17 heavy (non-hydrogen) atoms. The van der Waals surface area contributed by atoms with Gasteiger partial charge in [-0.25, -0.2) is 0 Å². The molecular weight excluding hydrogens is 208 g/mol. The second-order valence-electron chi connectivity index (χ2n) is 6.81. The Hall–Kier alpha value is -1.14. The van der Waals surface area contributed by atoms with Crippen molar-refractivity contribution in [2.24, 2.45) is 20.8 Å². The van der Waals surface area contributed by atoms with Crippen molar-refractivity contribution in [1.82, 2.24) is 0 Å². The first-order valence-corrected chi connectivity index (χ1v) is 5.99. The van der Waals surface area contributed by atoms with Crippen molar-refractivity contribution < 1.29 is 0 Å². The molecule has 0 heterocycles. The topological polar surface area (TPSA) is 24.7 Å². The Kier molecular flexibility index (Phi) is 5.57. The van der Waals surface area contributed by atoms with Crippen molar-refractivity contribution in [3.05, 3.63) is 17.1 Å². The van der Waals surface area contributed by atoms with E-state index in [4.69, 9.17) is 0 Å². The molecule has 96 valence electrons. The van der Waals surface area contributed by atoms with E-state index in [1.165, 1.54) is 0 Å². The molecule has 0 aliphatic rings. The Morgan fingerprint density at radius 2 is 1.12 bits per heavy atom. The predicted molar refractivity (Wildman–Crippen MR) is 77.8 cm³/mol. The smallest absolute Gasteiger partial charge is 0.0836 e. The molecule has 0 saturated heterocycles. The summed E-state index contributed by atoms with van der Waals surface area (Å²) in [5.41, 5.74) is 5.33. The zero-order chi connectivity index (χ0) is 13.7. The Labute approximate surface area is 106 Å². The lowest BCUT2D eigenvalue weighted by atomic mass is 9.89. The van der Waals surface area contributed by atoms with Crippen LogP contribution in [0.3, 0.4) is 0 Å². The maximum atomic E-state index is 4.04. The minimum absolute atomic E-state index is 0.178. The first-order valence-electron chi connectivity index (χ1n) is 5.99. The highest BCUT2D eigenvalue weighted by Crippen LogP contribution is 2.27. The molecular formula is C15H26N2. The maximum Gasteiger partial charge on any atom is 0.0836 e. The van der Waals surface area contributed by atoms with Crippen LogP contribution in [0.1, 0.15) is 54.4 Å². The largest absolute Gasteiger partial charge is 0.261 e. The van der Waals surface area contributed by atoms with Gasteiger partial charge in [0.1, 0.15) is 0 Å². The Balaban J connectivity index is 5.21. The normalized spacial score (nSPS) is 11.6. The maximum absolute atomic E-state index is 4.04. The van der Waals surface area contributed by atoms with Gasteiger partial charge >= 0.3 is 0 Å². The SMILES string of the molecule is C=NC(=C=C(CC(C)(C)C)N=C)CC(C)(C)C. The average Bonchev–Trinajstić information content (AvgIpc) is 2.11. The molecule has 0 bridgehead atoms. The molecule has 0 atom stereocenters. The number of aliphatic imine (C=N–C) groups is 2. The summed E-state index contributed by atoms with van der Waals surface area (Å²) >= 11 is 0. The molecule has 0 saturated carbocycles. The summed E-state index contributed by atoms with van der Waals surface area (Å²) in [5.74, 6) is 0. The van der Waals surface area contributed by atoms with Gasteiger partial charge in [-0.1, -0.05) is 47.3 Å². The Morgan fingerprint density at radius 1 is 0.824 bits per heavy atom. The van der Waals surface area contributed by atoms with Gasteiger partial charge in [0.05, 0.1) is 11.4 Å². The Bertz CT molecular complexity index is 310. The molecule has 0 spiro atoms. The molecule has 2 nitrogen and oxygen atoms in total. The molecule has 2 heteroatoms. The van der Waals surface area contributed by atoms with E-state index in [1.54, 1.807) is 0 Å². The van der Waals surface area contributed by atoms with Gasteiger partial charge < -0.3 is 0 Å². The third-order valence-corrected chi connectivity index (χ3v) is 2.07. The van der Waals surface area contributed by atoms with Gasteiger partial charge in [0, 0.05) is 12.8 Å². The summed E-state index contributed by atoms with van der Waals surface area (Å²) in [4.78, 5) is 8.08. The zero-order valence-electron chi connectivity index (χ0n) is 12.2. The van der Waals surface area contributed by atoms with E-state index >= 15 is 0 Å². The van der Waals surface area contributed by atoms with Gasteiger partial charge in [0.25, 0.3) is 0 Å². The van der Waals surface area contributed by atoms with Crippen LogP contribution in [0.4, 0.5) is 0 Å². The van der Waals surface area contributed by atoms with Crippen LogP contribution in [0.15, 0.2) is 27.1 Å². The van der Waals surface area contributed by atoms with E-state index in [-0.39, 0.29) is 10.8 Å². The molecule has 0 aliphatic heterocycles. The lowest BCUT2D eigenvalue weighted by Crippen LogP contribution is -2.06. The van der Waals surface area contributed by atoms with Crippen molar-refractivity contribution in [2.75, 3.05) is 0 Å². The van der Waals surface area contributed by atoms with E-state index in [9.17, 15) is 0 Å². The highest BCUT2D eigenvalue weighted by molar-refractivity contribution is 5.32. The molecule has 0 aliphatic carbocycles. The Morgan fingerprint density at radius 3 is 1.29 bits per heavy atom. The van der Waals surface area contributed by atoms with Crippen LogP contribution in [-0.2, 0) is 0 Å². The lowest BCUT2D eigenvalue weighted by molar-refractivity contribution is 0.404. The summed E-state index contributed by atoms with van der Waals surface area (Å²) in [7, 11) is 0. The fraction of sp³-hybridized carbons (Fsp3) is 0.667. The first kappa shape index (κ1) is 15.9. The van der Waals surface area contributed by atoms with Gasteiger partial charge in [-0.05, 0) is 24.3 Å². The quantitative estimate of drug-likeness (QED) is 0.500. The lowest BCUT2D eigenvalue weighted by Gasteiger charge is -2.18. The highest BCUT2D eigenvalue weighted by Gasteiger charge is 2.14. The molecule has 0 radical (unpaired) electrons. The van der Waals surface area contributed by atoms with E-state index in [0.29, 0.717) is 0 Å². The second-order valence-corrected chi connectivity index (χ2v) is 6.81. The van der Waals surface area contributed by atoms with Crippen molar-refractivity contribution in [3.8, 4) is 0 Å². The van der Waals surface area contributed by atoms with Gasteiger partial charge in [-0.15, -0.1) is 0 Å². The van der Waals surface area contributed by atoms with Crippen LogP contribution in [0, 0.1) is 10.8 Å². The summed E-state index contributed by atoms with van der Waals surface area (Å²) in [6.07, 6.45) is 1.69. The molecule has 0 rings (SSSR count). The third kappa shape index (κ3) is 8.65. The van der Waals surface area contributed by atoms with Gasteiger partial charge in [0.2, 0.25) is 0 Å². The van der Waals surface area contributed by atoms with E-state index in [1.807, 2.05) is 0 Å². The van der Waals surface area contributed by atoms with Crippen molar-refractivity contribution >= 4 is 13.4 Å². The van der Waals surface area contributed by atoms with E-state index in [2.05, 4.69) is 70.7 Å². The number of hydrogen-bond donors (Lipinski definition) is 0. The fourth-order valence-electron chi connectivity index (χ4n) is 1.45. The molecule has 0 aromatic rings. The van der Waals surface area contributed by atoms with Crippen molar-refractivity contribution in [1.29, 1.82) is 0 Å². The number of nitrogens with zero attached hydrogens (tertiary/aromatic N) is 2. The summed E-state index contributed by atoms with van der Waals surface area (Å²) in [6, 6.07) is 0. The fourth-order valence-corrected chi connectivity index (χ4v) is 1.45. The minimum atomic E-state index is 0.178. The monoisotopic (exact) mass is 234 g/mol. The van der Waals surface area contributed by atoms with Crippen LogP contribution in [0.25, 0.3) is 0 Å². The first-order chi connectivity index (χ1) is 7.57. The molecule has 0 aromatic carbocycles. The van der Waals surface area contributed by atoms with Crippen molar-refractivity contribution in [3.63, 3.8) is 0 Å². The van der Waals surface area contributed by atoms with Crippen LogP contribution < -0.4 is 0 Å². The summed E-state index contributed by atoms with van der Waals surface area (Å²) < 4.78 is 0. The van der Waals surface area contributed by atoms with Gasteiger partial charge in [-0.3, -0.25) is 9.98 Å². The second kappa shape index (κ2) is 5.97. The summed E-state index contributed by atoms with van der Waals surface area (Å²) in [6.45, 7) is 20.2.